The molecule has 0 saturated heterocycles. The van der Waals surface area contributed by atoms with Crippen molar-refractivity contribution in [2.75, 3.05) is 5.43 Å². The van der Waals surface area contributed by atoms with Gasteiger partial charge in [0.05, 0.1) is 12.2 Å². The van der Waals surface area contributed by atoms with Crippen molar-refractivity contribution >= 4 is 11.6 Å². The van der Waals surface area contributed by atoms with Crippen LogP contribution in [-0.4, -0.2) is 11.1 Å². The molecule has 0 spiro atoms. The number of anilines is 1. The van der Waals surface area contributed by atoms with Gasteiger partial charge in [0, 0.05) is 17.3 Å². The second-order valence-corrected chi connectivity index (χ2v) is 3.84. The molecule has 1 aromatic heterocycles. The zero-order chi connectivity index (χ0) is 13.0. The van der Waals surface area contributed by atoms with Crippen molar-refractivity contribution in [1.82, 2.24) is 10.5 Å². The van der Waals surface area contributed by atoms with Crippen LogP contribution in [0.3, 0.4) is 0 Å². The SMILES string of the molecule is Cc1cc(CNC(=O)c2ccc(NN)cc2)on1. The number of carbonyl (C=O) groups is 1. The van der Waals surface area contributed by atoms with Gasteiger partial charge in [-0.25, -0.2) is 0 Å². The molecule has 0 aliphatic carbocycles. The smallest absolute Gasteiger partial charge is 0.251 e. The Hall–Kier alpha value is -2.34. The predicted molar refractivity (Wildman–Crippen MR) is 66.7 cm³/mol. The molecule has 0 saturated carbocycles. The zero-order valence-corrected chi connectivity index (χ0v) is 9.93. The predicted octanol–water partition coefficient (Wildman–Crippen LogP) is 1.20. The van der Waals surface area contributed by atoms with Gasteiger partial charge in [0.15, 0.2) is 5.76 Å². The summed E-state index contributed by atoms with van der Waals surface area (Å²) in [6.45, 7) is 2.14. The van der Waals surface area contributed by atoms with E-state index in [4.69, 9.17) is 10.4 Å². The number of rotatable bonds is 4. The molecule has 18 heavy (non-hydrogen) atoms. The number of nitrogens with zero attached hydrogens (tertiary/aromatic N) is 1. The zero-order valence-electron chi connectivity index (χ0n) is 9.93. The Balaban J connectivity index is 1.94. The van der Waals surface area contributed by atoms with Crippen LogP contribution in [0, 0.1) is 6.92 Å². The third-order valence-corrected chi connectivity index (χ3v) is 2.41. The van der Waals surface area contributed by atoms with Gasteiger partial charge in [-0.1, -0.05) is 5.16 Å². The van der Waals surface area contributed by atoms with Crippen LogP contribution in [0.2, 0.25) is 0 Å². The van der Waals surface area contributed by atoms with Crippen LogP contribution in [0.1, 0.15) is 21.8 Å². The standard InChI is InChI=1S/C12H14N4O2/c1-8-6-11(18-16-8)7-14-12(17)9-2-4-10(15-13)5-3-9/h2-6,15H,7,13H2,1H3,(H,14,17). The van der Waals surface area contributed by atoms with Gasteiger partial charge in [0.25, 0.3) is 5.91 Å². The van der Waals surface area contributed by atoms with E-state index in [-0.39, 0.29) is 5.91 Å². The number of amides is 1. The molecule has 4 N–H and O–H groups in total. The molecule has 0 fully saturated rings. The Morgan fingerprint density at radius 1 is 1.39 bits per heavy atom. The first-order valence-corrected chi connectivity index (χ1v) is 5.46. The number of aromatic nitrogens is 1. The van der Waals surface area contributed by atoms with Crippen LogP contribution in [0.5, 0.6) is 0 Å². The summed E-state index contributed by atoms with van der Waals surface area (Å²) in [5.74, 6) is 5.70. The van der Waals surface area contributed by atoms with Crippen LogP contribution in [-0.2, 0) is 6.54 Å². The van der Waals surface area contributed by atoms with E-state index >= 15 is 0 Å². The number of hydrazine groups is 1. The molecular weight excluding hydrogens is 232 g/mol. The Kier molecular flexibility index (Phi) is 3.59. The van der Waals surface area contributed by atoms with E-state index < -0.39 is 0 Å². The largest absolute Gasteiger partial charge is 0.359 e. The molecule has 0 atom stereocenters. The lowest BCUT2D eigenvalue weighted by molar-refractivity contribution is 0.0947. The first-order chi connectivity index (χ1) is 8.69. The number of benzene rings is 1. The van der Waals surface area contributed by atoms with Crippen LogP contribution >= 0.6 is 0 Å². The number of nitrogens with two attached hydrogens (primary N) is 1. The molecule has 6 nitrogen and oxygen atoms in total. The van der Waals surface area contributed by atoms with Crippen molar-refractivity contribution in [3.63, 3.8) is 0 Å². The first-order valence-electron chi connectivity index (χ1n) is 5.46. The Bertz CT molecular complexity index is 533. The lowest BCUT2D eigenvalue weighted by Gasteiger charge is -2.04. The molecule has 94 valence electrons. The lowest BCUT2D eigenvalue weighted by Crippen LogP contribution is -2.22. The Morgan fingerprint density at radius 3 is 2.67 bits per heavy atom. The molecule has 2 rings (SSSR count). The fraction of sp³-hybridized carbons (Fsp3) is 0.167. The minimum atomic E-state index is -0.173. The van der Waals surface area contributed by atoms with Crippen molar-refractivity contribution in [1.29, 1.82) is 0 Å². The van der Waals surface area contributed by atoms with E-state index in [9.17, 15) is 4.79 Å². The minimum Gasteiger partial charge on any atom is -0.359 e. The van der Waals surface area contributed by atoms with Crippen molar-refractivity contribution in [2.45, 2.75) is 13.5 Å². The number of nitrogens with one attached hydrogen (secondary N) is 2. The van der Waals surface area contributed by atoms with Gasteiger partial charge in [-0.2, -0.15) is 0 Å². The van der Waals surface area contributed by atoms with E-state index in [1.165, 1.54) is 0 Å². The van der Waals surface area contributed by atoms with Crippen LogP contribution < -0.4 is 16.6 Å². The maximum Gasteiger partial charge on any atom is 0.251 e. The van der Waals surface area contributed by atoms with Crippen LogP contribution in [0.4, 0.5) is 5.69 Å². The van der Waals surface area contributed by atoms with Gasteiger partial charge >= 0.3 is 0 Å². The first kappa shape index (κ1) is 12.1. The van der Waals surface area contributed by atoms with Crippen molar-refractivity contribution in [3.05, 3.63) is 47.3 Å². The Labute approximate surface area is 104 Å². The van der Waals surface area contributed by atoms with Gasteiger partial charge in [0.1, 0.15) is 0 Å². The van der Waals surface area contributed by atoms with Crippen molar-refractivity contribution in [3.8, 4) is 0 Å². The van der Waals surface area contributed by atoms with Crippen molar-refractivity contribution < 1.29 is 9.32 Å². The Morgan fingerprint density at radius 2 is 2.11 bits per heavy atom. The fourth-order valence-corrected chi connectivity index (χ4v) is 1.49. The van der Waals surface area contributed by atoms with Gasteiger partial charge in [-0.05, 0) is 31.2 Å². The summed E-state index contributed by atoms with van der Waals surface area (Å²) in [4.78, 5) is 11.8. The number of carbonyl (C=O) groups excluding carboxylic acids is 1. The van der Waals surface area contributed by atoms with Crippen LogP contribution in [0.25, 0.3) is 0 Å². The number of nitrogen functional groups attached to an aromatic ring is 1. The van der Waals surface area contributed by atoms with E-state index in [0.717, 1.165) is 11.4 Å². The van der Waals surface area contributed by atoms with E-state index in [2.05, 4.69) is 15.9 Å². The van der Waals surface area contributed by atoms with Gasteiger partial charge < -0.3 is 15.3 Å². The lowest BCUT2D eigenvalue weighted by atomic mass is 10.2. The molecule has 0 aliphatic heterocycles. The third kappa shape index (κ3) is 2.86. The molecule has 0 radical (unpaired) electrons. The van der Waals surface area contributed by atoms with Gasteiger partial charge in [0.2, 0.25) is 0 Å². The maximum atomic E-state index is 11.8. The summed E-state index contributed by atoms with van der Waals surface area (Å²) in [6, 6.07) is 8.62. The molecule has 0 aliphatic rings. The fourth-order valence-electron chi connectivity index (χ4n) is 1.49. The van der Waals surface area contributed by atoms with Crippen LogP contribution in [0.15, 0.2) is 34.9 Å². The monoisotopic (exact) mass is 246 g/mol. The van der Waals surface area contributed by atoms with Gasteiger partial charge in [-0.15, -0.1) is 0 Å². The summed E-state index contributed by atoms with van der Waals surface area (Å²) < 4.78 is 5.00. The molecule has 1 heterocycles. The summed E-state index contributed by atoms with van der Waals surface area (Å²) in [7, 11) is 0. The number of aryl methyl sites for hydroxylation is 1. The highest BCUT2D eigenvalue weighted by Crippen LogP contribution is 2.08. The molecule has 0 bridgehead atoms. The molecule has 2 aromatic rings. The average Bonchev–Trinajstić information content (AvgIpc) is 2.82. The third-order valence-electron chi connectivity index (χ3n) is 2.41. The van der Waals surface area contributed by atoms with E-state index in [1.807, 2.05) is 6.92 Å². The highest BCUT2D eigenvalue weighted by atomic mass is 16.5. The molecular formula is C12H14N4O2. The maximum absolute atomic E-state index is 11.8. The van der Waals surface area contributed by atoms with Gasteiger partial charge in [-0.3, -0.25) is 10.6 Å². The topological polar surface area (TPSA) is 93.2 Å². The highest BCUT2D eigenvalue weighted by Gasteiger charge is 2.07. The molecule has 1 amide bonds. The summed E-state index contributed by atoms with van der Waals surface area (Å²) in [6.07, 6.45) is 0. The summed E-state index contributed by atoms with van der Waals surface area (Å²) in [5, 5.41) is 6.48. The number of hydrogen-bond donors (Lipinski definition) is 3. The summed E-state index contributed by atoms with van der Waals surface area (Å²) >= 11 is 0. The average molecular weight is 246 g/mol. The van der Waals surface area contributed by atoms with Crippen molar-refractivity contribution in [2.24, 2.45) is 5.84 Å². The van der Waals surface area contributed by atoms with E-state index in [1.54, 1.807) is 30.3 Å². The second-order valence-electron chi connectivity index (χ2n) is 3.84. The normalized spacial score (nSPS) is 10.1. The molecule has 6 heteroatoms. The minimum absolute atomic E-state index is 0.173. The summed E-state index contributed by atoms with van der Waals surface area (Å²) in [5.41, 5.74) is 4.60. The quantitative estimate of drug-likeness (QED) is 0.556. The highest BCUT2D eigenvalue weighted by molar-refractivity contribution is 5.94. The molecule has 1 aromatic carbocycles. The number of hydrogen-bond acceptors (Lipinski definition) is 5. The van der Waals surface area contributed by atoms with E-state index in [0.29, 0.717) is 17.9 Å². The second kappa shape index (κ2) is 5.33. The molecule has 0 unspecified atom stereocenters.